The number of hydrogen-bond acceptors (Lipinski definition) is 5. The molecule has 3 rings (SSSR count). The molecule has 0 aliphatic heterocycles. The van der Waals surface area contributed by atoms with E-state index in [1.807, 2.05) is 31.3 Å². The molecule has 0 N–H and O–H groups in total. The van der Waals surface area contributed by atoms with E-state index in [0.29, 0.717) is 18.1 Å². The average molecular weight is 285 g/mol. The van der Waals surface area contributed by atoms with Gasteiger partial charge >= 0.3 is 5.97 Å². The van der Waals surface area contributed by atoms with E-state index < -0.39 is 5.97 Å². The molecule has 0 aliphatic rings. The van der Waals surface area contributed by atoms with Gasteiger partial charge in [-0.15, -0.1) is 5.10 Å². The van der Waals surface area contributed by atoms with Gasteiger partial charge in [0.05, 0.1) is 12.1 Å². The highest BCUT2D eigenvalue weighted by Gasteiger charge is 2.20. The van der Waals surface area contributed by atoms with Gasteiger partial charge in [-0.25, -0.2) is 9.48 Å². The topological polar surface area (TPSA) is 74.8 Å². The molecular formula is C14H15N5O2. The number of benzene rings is 1. The van der Waals surface area contributed by atoms with Crippen LogP contribution in [0.15, 0.2) is 24.3 Å². The molecule has 3 aromatic rings. The SMILES string of the molecule is CCOC(=O)c1nc(-c2nn(C)c3ccccc23)n(C)n1. The number of para-hydroxylation sites is 1. The van der Waals surface area contributed by atoms with E-state index in [1.54, 1.807) is 23.3 Å². The fourth-order valence-corrected chi connectivity index (χ4v) is 2.25. The minimum atomic E-state index is -0.528. The number of fused-ring (bicyclic) bond motifs is 1. The van der Waals surface area contributed by atoms with Crippen LogP contribution in [0.5, 0.6) is 0 Å². The Kier molecular flexibility index (Phi) is 3.17. The molecule has 0 saturated heterocycles. The molecule has 0 saturated carbocycles. The van der Waals surface area contributed by atoms with Gasteiger partial charge in [-0.2, -0.15) is 10.1 Å². The third-order valence-electron chi connectivity index (χ3n) is 3.19. The van der Waals surface area contributed by atoms with E-state index in [1.165, 1.54) is 0 Å². The third-order valence-corrected chi connectivity index (χ3v) is 3.19. The lowest BCUT2D eigenvalue weighted by molar-refractivity contribution is 0.0512. The van der Waals surface area contributed by atoms with E-state index in [0.717, 1.165) is 10.9 Å². The van der Waals surface area contributed by atoms with Crippen molar-refractivity contribution in [3.05, 3.63) is 30.1 Å². The zero-order chi connectivity index (χ0) is 15.0. The van der Waals surface area contributed by atoms with Crippen LogP contribution in [0.2, 0.25) is 0 Å². The Morgan fingerprint density at radius 1 is 1.19 bits per heavy atom. The molecule has 7 nitrogen and oxygen atoms in total. The second kappa shape index (κ2) is 5.01. The van der Waals surface area contributed by atoms with E-state index in [9.17, 15) is 4.79 Å². The molecule has 7 heteroatoms. The summed E-state index contributed by atoms with van der Waals surface area (Å²) in [5, 5.41) is 9.55. The van der Waals surface area contributed by atoms with Gasteiger partial charge in [0.15, 0.2) is 5.82 Å². The normalized spacial score (nSPS) is 11.0. The molecule has 108 valence electrons. The molecular weight excluding hydrogens is 270 g/mol. The molecule has 2 aromatic heterocycles. The number of aryl methyl sites for hydroxylation is 2. The van der Waals surface area contributed by atoms with Gasteiger partial charge in [-0.3, -0.25) is 4.68 Å². The van der Waals surface area contributed by atoms with Crippen LogP contribution in [0.1, 0.15) is 17.5 Å². The summed E-state index contributed by atoms with van der Waals surface area (Å²) in [6.07, 6.45) is 0. The Balaban J connectivity index is 2.13. The first kappa shape index (κ1) is 13.3. The second-order valence-corrected chi connectivity index (χ2v) is 4.59. The van der Waals surface area contributed by atoms with Crippen molar-refractivity contribution in [2.24, 2.45) is 14.1 Å². The summed E-state index contributed by atoms with van der Waals surface area (Å²) in [7, 11) is 3.60. The number of hydrogen-bond donors (Lipinski definition) is 0. The minimum Gasteiger partial charge on any atom is -0.460 e. The van der Waals surface area contributed by atoms with Crippen molar-refractivity contribution >= 4 is 16.9 Å². The summed E-state index contributed by atoms with van der Waals surface area (Å²) in [6.45, 7) is 2.03. The van der Waals surface area contributed by atoms with Gasteiger partial charge in [-0.1, -0.05) is 18.2 Å². The molecule has 2 heterocycles. The monoisotopic (exact) mass is 285 g/mol. The summed E-state index contributed by atoms with van der Waals surface area (Å²) in [5.74, 6) is 0.0542. The van der Waals surface area contributed by atoms with Gasteiger partial charge in [0, 0.05) is 19.5 Å². The number of carbonyl (C=O) groups is 1. The third kappa shape index (κ3) is 2.16. The molecule has 0 bridgehead atoms. The number of rotatable bonds is 3. The van der Waals surface area contributed by atoms with Crippen LogP contribution in [0.4, 0.5) is 0 Å². The van der Waals surface area contributed by atoms with Crippen molar-refractivity contribution < 1.29 is 9.53 Å². The summed E-state index contributed by atoms with van der Waals surface area (Å²) in [6, 6.07) is 7.84. The number of esters is 1. The summed E-state index contributed by atoms with van der Waals surface area (Å²) >= 11 is 0. The maximum Gasteiger partial charge on any atom is 0.378 e. The maximum absolute atomic E-state index is 11.7. The summed E-state index contributed by atoms with van der Waals surface area (Å²) in [5.41, 5.74) is 1.69. The van der Waals surface area contributed by atoms with Crippen LogP contribution >= 0.6 is 0 Å². The van der Waals surface area contributed by atoms with Gasteiger partial charge in [0.2, 0.25) is 0 Å². The van der Waals surface area contributed by atoms with Crippen molar-refractivity contribution in [1.82, 2.24) is 24.5 Å². The van der Waals surface area contributed by atoms with E-state index in [4.69, 9.17) is 4.74 Å². The lowest BCUT2D eigenvalue weighted by atomic mass is 10.2. The number of carbonyl (C=O) groups excluding carboxylic acids is 1. The zero-order valence-electron chi connectivity index (χ0n) is 12.1. The van der Waals surface area contributed by atoms with Crippen molar-refractivity contribution in [3.63, 3.8) is 0 Å². The number of aromatic nitrogens is 5. The minimum absolute atomic E-state index is 0.0454. The average Bonchev–Trinajstić information content (AvgIpc) is 3.01. The Labute approximate surface area is 121 Å². The smallest absolute Gasteiger partial charge is 0.378 e. The van der Waals surface area contributed by atoms with Crippen molar-refractivity contribution in [2.75, 3.05) is 6.61 Å². The highest BCUT2D eigenvalue weighted by molar-refractivity contribution is 5.92. The van der Waals surface area contributed by atoms with Crippen molar-refractivity contribution in [1.29, 1.82) is 0 Å². The van der Waals surface area contributed by atoms with Crippen LogP contribution in [-0.2, 0) is 18.8 Å². The van der Waals surface area contributed by atoms with Crippen LogP contribution in [0.25, 0.3) is 22.4 Å². The standard InChI is InChI=1S/C14H15N5O2/c1-4-21-14(20)12-15-13(19(3)17-12)11-9-7-5-6-8-10(9)18(2)16-11/h5-8H,4H2,1-3H3. The second-order valence-electron chi connectivity index (χ2n) is 4.59. The molecule has 0 fully saturated rings. The van der Waals surface area contributed by atoms with Crippen LogP contribution < -0.4 is 0 Å². The number of ether oxygens (including phenoxy) is 1. The van der Waals surface area contributed by atoms with Gasteiger partial charge in [-0.05, 0) is 13.0 Å². The van der Waals surface area contributed by atoms with Gasteiger partial charge < -0.3 is 4.74 Å². The molecule has 0 unspecified atom stereocenters. The molecule has 1 aromatic carbocycles. The fourth-order valence-electron chi connectivity index (χ4n) is 2.25. The van der Waals surface area contributed by atoms with Gasteiger partial charge in [0.1, 0.15) is 5.69 Å². The highest BCUT2D eigenvalue weighted by Crippen LogP contribution is 2.25. The highest BCUT2D eigenvalue weighted by atomic mass is 16.5. The first-order valence-electron chi connectivity index (χ1n) is 6.62. The van der Waals surface area contributed by atoms with Crippen molar-refractivity contribution in [3.8, 4) is 11.5 Å². The maximum atomic E-state index is 11.7. The van der Waals surface area contributed by atoms with E-state index in [2.05, 4.69) is 15.2 Å². The predicted octanol–water partition coefficient (Wildman–Crippen LogP) is 1.55. The lowest BCUT2D eigenvalue weighted by Gasteiger charge is -1.95. The quantitative estimate of drug-likeness (QED) is 0.682. The van der Waals surface area contributed by atoms with Gasteiger partial charge in [0.25, 0.3) is 5.82 Å². The Bertz CT molecular complexity index is 818. The predicted molar refractivity (Wildman–Crippen MR) is 76.7 cm³/mol. The summed E-state index contributed by atoms with van der Waals surface area (Å²) < 4.78 is 8.25. The van der Waals surface area contributed by atoms with Crippen LogP contribution in [-0.4, -0.2) is 37.1 Å². The number of nitrogens with zero attached hydrogens (tertiary/aromatic N) is 5. The van der Waals surface area contributed by atoms with Crippen LogP contribution in [0.3, 0.4) is 0 Å². The van der Waals surface area contributed by atoms with Crippen LogP contribution in [0, 0.1) is 0 Å². The lowest BCUT2D eigenvalue weighted by Crippen LogP contribution is -2.07. The largest absolute Gasteiger partial charge is 0.460 e. The summed E-state index contributed by atoms with van der Waals surface area (Å²) in [4.78, 5) is 16.0. The molecule has 0 amide bonds. The molecule has 0 radical (unpaired) electrons. The van der Waals surface area contributed by atoms with E-state index in [-0.39, 0.29) is 5.82 Å². The van der Waals surface area contributed by atoms with Crippen molar-refractivity contribution in [2.45, 2.75) is 6.92 Å². The first-order valence-corrected chi connectivity index (χ1v) is 6.62. The Morgan fingerprint density at radius 2 is 1.95 bits per heavy atom. The zero-order valence-corrected chi connectivity index (χ0v) is 12.1. The first-order chi connectivity index (χ1) is 10.1. The molecule has 0 aliphatic carbocycles. The van der Waals surface area contributed by atoms with E-state index >= 15 is 0 Å². The Morgan fingerprint density at radius 3 is 2.71 bits per heavy atom. The molecule has 0 spiro atoms. The molecule has 21 heavy (non-hydrogen) atoms. The fraction of sp³-hybridized carbons (Fsp3) is 0.286. The Hall–Kier alpha value is -2.70. The molecule has 0 atom stereocenters.